The topological polar surface area (TPSA) is 7.76 Å². The van der Waals surface area contributed by atoms with Crippen LogP contribution in [0.3, 0.4) is 0 Å². The van der Waals surface area contributed by atoms with E-state index in [0.29, 0.717) is 12.5 Å². The summed E-state index contributed by atoms with van der Waals surface area (Å²) in [6, 6.07) is 35.4. The van der Waals surface area contributed by atoms with Gasteiger partial charge in [0.1, 0.15) is 5.82 Å². The van der Waals surface area contributed by atoms with Gasteiger partial charge in [0.25, 0.3) is 0 Å². The summed E-state index contributed by atoms with van der Waals surface area (Å²) in [6.45, 7) is 5.42. The second kappa shape index (κ2) is 9.18. The maximum absolute atomic E-state index is 13.6. The number of benzene rings is 3. The minimum Gasteiger partial charge on any atom is -0.207 e. The van der Waals surface area contributed by atoms with Crippen LogP contribution in [0.2, 0.25) is 0 Å². The zero-order chi connectivity index (χ0) is 25.6. The van der Waals surface area contributed by atoms with E-state index in [4.69, 9.17) is 6.58 Å². The summed E-state index contributed by atoms with van der Waals surface area (Å²) in [6.07, 6.45) is 6.46. The largest absolute Gasteiger partial charge is 0.213 e. The molecule has 2 aromatic heterocycles. The normalized spacial score (nSPS) is 17.9. The van der Waals surface area contributed by atoms with Gasteiger partial charge in [-0.25, -0.2) is 4.39 Å². The van der Waals surface area contributed by atoms with Gasteiger partial charge >= 0.3 is 0 Å². The van der Waals surface area contributed by atoms with Gasteiger partial charge < -0.3 is 0 Å². The van der Waals surface area contributed by atoms with Crippen molar-refractivity contribution in [3.63, 3.8) is 0 Å². The van der Waals surface area contributed by atoms with Crippen molar-refractivity contribution in [1.82, 2.24) is 0 Å². The van der Waals surface area contributed by atoms with Crippen molar-refractivity contribution in [2.75, 3.05) is 0 Å². The van der Waals surface area contributed by atoms with Crippen molar-refractivity contribution >= 4 is 0 Å². The molecule has 0 aliphatic carbocycles. The van der Waals surface area contributed by atoms with Crippen molar-refractivity contribution in [1.29, 1.82) is 0 Å². The molecule has 3 heteroatoms. The van der Waals surface area contributed by atoms with Gasteiger partial charge in [-0.2, -0.15) is 9.13 Å². The third-order valence-electron chi connectivity index (χ3n) is 8.22. The van der Waals surface area contributed by atoms with Crippen molar-refractivity contribution in [3.8, 4) is 33.6 Å². The Kier molecular flexibility index (Phi) is 5.51. The number of fused-ring (bicyclic) bond motifs is 9. The van der Waals surface area contributed by atoms with Gasteiger partial charge in [0.15, 0.2) is 25.0 Å². The SMILES string of the molecule is C=C1C[n+]2cc(-c3ccc(F)cc3)ccc2-c2ccccc2CCC2c3ccccc3-c3cccc[n+]3C12. The summed E-state index contributed by atoms with van der Waals surface area (Å²) in [5, 5.41) is 0. The molecule has 4 heterocycles. The molecule has 184 valence electrons. The molecule has 7 rings (SSSR count). The monoisotopic (exact) mass is 496 g/mol. The Morgan fingerprint density at radius 3 is 2.32 bits per heavy atom. The van der Waals surface area contributed by atoms with Crippen molar-refractivity contribution in [2.45, 2.75) is 31.3 Å². The van der Waals surface area contributed by atoms with Crippen LogP contribution in [0.1, 0.15) is 29.5 Å². The Morgan fingerprint density at radius 2 is 1.45 bits per heavy atom. The van der Waals surface area contributed by atoms with Gasteiger partial charge in [0, 0.05) is 34.9 Å². The van der Waals surface area contributed by atoms with Gasteiger partial charge in [-0.3, -0.25) is 0 Å². The summed E-state index contributed by atoms with van der Waals surface area (Å²) in [7, 11) is 0. The fourth-order valence-electron chi connectivity index (χ4n) is 6.48. The van der Waals surface area contributed by atoms with Crippen molar-refractivity contribution in [2.24, 2.45) is 0 Å². The van der Waals surface area contributed by atoms with Crippen LogP contribution in [0.15, 0.2) is 128 Å². The highest BCUT2D eigenvalue weighted by molar-refractivity contribution is 5.67. The molecule has 0 N–H and O–H groups in total. The first-order chi connectivity index (χ1) is 18.7. The number of aryl methyl sites for hydroxylation is 1. The smallest absolute Gasteiger partial charge is 0.207 e. The summed E-state index contributed by atoms with van der Waals surface area (Å²) in [5.41, 5.74) is 11.0. The third kappa shape index (κ3) is 3.78. The minimum atomic E-state index is -0.220. The number of hydrogen-bond acceptors (Lipinski definition) is 0. The van der Waals surface area contributed by atoms with E-state index in [2.05, 4.69) is 100 Å². The molecule has 0 spiro atoms. The second-order valence-electron chi connectivity index (χ2n) is 10.4. The van der Waals surface area contributed by atoms with Crippen LogP contribution in [-0.4, -0.2) is 0 Å². The number of nitrogens with zero attached hydrogens (tertiary/aromatic N) is 2. The number of halogens is 1. The Hall–Kier alpha value is -4.37. The first kappa shape index (κ1) is 22.8. The van der Waals surface area contributed by atoms with Crippen LogP contribution in [0.5, 0.6) is 0 Å². The predicted octanol–water partition coefficient (Wildman–Crippen LogP) is 7.24. The summed E-state index contributed by atoms with van der Waals surface area (Å²) in [5.74, 6) is 0.107. The molecule has 2 unspecified atom stereocenters. The van der Waals surface area contributed by atoms with Crippen molar-refractivity contribution in [3.05, 3.63) is 145 Å². The number of hydrogen-bond donors (Lipinski definition) is 0. The molecule has 0 amide bonds. The first-order valence-electron chi connectivity index (χ1n) is 13.3. The molecule has 2 atom stereocenters. The third-order valence-corrected chi connectivity index (χ3v) is 8.22. The van der Waals surface area contributed by atoms with E-state index in [1.165, 1.54) is 51.3 Å². The molecule has 0 fully saturated rings. The maximum Gasteiger partial charge on any atom is 0.213 e. The predicted molar refractivity (Wildman–Crippen MR) is 149 cm³/mol. The fourth-order valence-corrected chi connectivity index (χ4v) is 6.48. The first-order valence-corrected chi connectivity index (χ1v) is 13.3. The van der Waals surface area contributed by atoms with E-state index in [9.17, 15) is 4.39 Å². The summed E-state index contributed by atoms with van der Waals surface area (Å²) >= 11 is 0. The maximum atomic E-state index is 13.6. The van der Waals surface area contributed by atoms with Gasteiger partial charge in [0.2, 0.25) is 11.4 Å². The quantitative estimate of drug-likeness (QED) is 0.171. The molecule has 2 aliphatic rings. The van der Waals surface area contributed by atoms with Crippen LogP contribution < -0.4 is 9.13 Å². The highest BCUT2D eigenvalue weighted by atomic mass is 19.1. The minimum absolute atomic E-state index is 0.154. The van der Waals surface area contributed by atoms with Crippen LogP contribution in [0.4, 0.5) is 4.39 Å². The summed E-state index contributed by atoms with van der Waals surface area (Å²) in [4.78, 5) is 0. The summed E-state index contributed by atoms with van der Waals surface area (Å²) < 4.78 is 18.4. The lowest BCUT2D eigenvalue weighted by atomic mass is 9.76. The average molecular weight is 497 g/mol. The Bertz CT molecular complexity index is 1690. The van der Waals surface area contributed by atoms with Crippen LogP contribution >= 0.6 is 0 Å². The van der Waals surface area contributed by atoms with Crippen LogP contribution in [0, 0.1) is 5.82 Å². The number of aromatic nitrogens is 2. The highest BCUT2D eigenvalue weighted by Crippen LogP contribution is 2.44. The molecule has 2 nitrogen and oxygen atoms in total. The van der Waals surface area contributed by atoms with E-state index >= 15 is 0 Å². The standard InChI is InChI=1S/C35H29FN2/c1-24-22-37-23-27(25-13-17-28(36)18-14-25)16-20-33(37)29-9-3-2-8-26(29)15-19-32-30-10-4-5-11-31(30)34-12-6-7-21-38(34)35(24)32/h2-14,16-18,20-21,23,32,35H,1,15,19,22H2/q+2. The fraction of sp³-hybridized carbons (Fsp3) is 0.143. The average Bonchev–Trinajstić information content (AvgIpc) is 2.96. The zero-order valence-electron chi connectivity index (χ0n) is 21.2. The molecule has 0 saturated heterocycles. The molecule has 0 bridgehead atoms. The van der Waals surface area contributed by atoms with Gasteiger partial charge in [-0.15, -0.1) is 0 Å². The molecule has 38 heavy (non-hydrogen) atoms. The molecule has 5 aromatic rings. The van der Waals surface area contributed by atoms with Gasteiger partial charge in [-0.1, -0.05) is 55.1 Å². The van der Waals surface area contributed by atoms with E-state index in [1.807, 2.05) is 12.1 Å². The van der Waals surface area contributed by atoms with E-state index < -0.39 is 0 Å². The number of rotatable bonds is 1. The Morgan fingerprint density at radius 1 is 0.711 bits per heavy atom. The Labute approximate surface area is 223 Å². The Balaban J connectivity index is 1.41. The second-order valence-corrected chi connectivity index (χ2v) is 10.4. The molecule has 0 radical (unpaired) electrons. The lowest BCUT2D eigenvalue weighted by molar-refractivity contribution is -0.722. The van der Waals surface area contributed by atoms with Crippen molar-refractivity contribution < 1.29 is 13.5 Å². The van der Waals surface area contributed by atoms with Gasteiger partial charge in [-0.05, 0) is 65.9 Å². The molecule has 3 aromatic carbocycles. The van der Waals surface area contributed by atoms with Crippen LogP contribution in [-0.2, 0) is 13.0 Å². The molecular formula is C35H29FN2+2. The number of pyridine rings is 2. The van der Waals surface area contributed by atoms with Crippen LogP contribution in [0.25, 0.3) is 33.6 Å². The van der Waals surface area contributed by atoms with E-state index in [1.54, 1.807) is 0 Å². The molecule has 2 aliphatic heterocycles. The zero-order valence-corrected chi connectivity index (χ0v) is 21.2. The highest BCUT2D eigenvalue weighted by Gasteiger charge is 2.42. The van der Waals surface area contributed by atoms with E-state index in [-0.39, 0.29) is 11.9 Å². The molecular weight excluding hydrogens is 467 g/mol. The lowest BCUT2D eigenvalue weighted by Gasteiger charge is -2.32. The lowest BCUT2D eigenvalue weighted by Crippen LogP contribution is -2.51. The number of allylic oxidation sites excluding steroid dienone is 1. The van der Waals surface area contributed by atoms with E-state index in [0.717, 1.165) is 24.0 Å². The van der Waals surface area contributed by atoms with Gasteiger partial charge in [0.05, 0.1) is 11.5 Å². The molecule has 0 saturated carbocycles.